The fourth-order valence-corrected chi connectivity index (χ4v) is 2.26. The highest BCUT2D eigenvalue weighted by atomic mass is 32.1. The number of rotatable bonds is 4. The Kier molecular flexibility index (Phi) is 4.06. The zero-order chi connectivity index (χ0) is 13.8. The second-order valence-corrected chi connectivity index (χ2v) is 4.75. The van der Waals surface area contributed by atoms with Gasteiger partial charge in [-0.05, 0) is 13.0 Å². The standard InChI is InChI=1S/C12H13FN4OS/c1-7-9(19-6-17-7)5-16-12(18)8-3-4-15-11(14-2)10(8)13/h3-4,6H,5H2,1-2H3,(H,14,15)(H,16,18). The van der Waals surface area contributed by atoms with Crippen LogP contribution in [0.15, 0.2) is 17.8 Å². The van der Waals surface area contributed by atoms with Crippen molar-refractivity contribution in [1.29, 1.82) is 0 Å². The molecule has 7 heteroatoms. The average molecular weight is 280 g/mol. The van der Waals surface area contributed by atoms with E-state index >= 15 is 0 Å². The lowest BCUT2D eigenvalue weighted by molar-refractivity contribution is 0.0947. The predicted molar refractivity (Wildman–Crippen MR) is 71.8 cm³/mol. The van der Waals surface area contributed by atoms with Crippen LogP contribution in [0.5, 0.6) is 0 Å². The van der Waals surface area contributed by atoms with E-state index in [9.17, 15) is 9.18 Å². The Hall–Kier alpha value is -2.02. The van der Waals surface area contributed by atoms with Gasteiger partial charge in [0, 0.05) is 18.1 Å². The molecule has 2 heterocycles. The minimum atomic E-state index is -0.650. The van der Waals surface area contributed by atoms with Crippen LogP contribution in [0.25, 0.3) is 0 Å². The van der Waals surface area contributed by atoms with Crippen LogP contribution in [-0.2, 0) is 6.54 Å². The molecule has 2 aromatic rings. The minimum absolute atomic E-state index is 0.0264. The van der Waals surface area contributed by atoms with Gasteiger partial charge < -0.3 is 10.6 Å². The van der Waals surface area contributed by atoms with Gasteiger partial charge in [0.2, 0.25) is 0 Å². The Labute approximate surface area is 113 Å². The first-order chi connectivity index (χ1) is 9.13. The molecule has 0 saturated carbocycles. The number of halogens is 1. The number of amides is 1. The zero-order valence-corrected chi connectivity index (χ0v) is 11.3. The molecule has 2 aromatic heterocycles. The molecule has 0 fully saturated rings. The first-order valence-electron chi connectivity index (χ1n) is 5.63. The summed E-state index contributed by atoms with van der Waals surface area (Å²) in [5, 5.41) is 5.27. The van der Waals surface area contributed by atoms with Crippen molar-refractivity contribution in [2.75, 3.05) is 12.4 Å². The third-order valence-electron chi connectivity index (χ3n) is 2.62. The lowest BCUT2D eigenvalue weighted by Crippen LogP contribution is -2.24. The number of nitrogens with zero attached hydrogens (tertiary/aromatic N) is 2. The maximum Gasteiger partial charge on any atom is 0.254 e. The van der Waals surface area contributed by atoms with E-state index in [2.05, 4.69) is 20.6 Å². The molecule has 100 valence electrons. The van der Waals surface area contributed by atoms with Gasteiger partial charge in [-0.2, -0.15) is 0 Å². The van der Waals surface area contributed by atoms with Crippen molar-refractivity contribution in [2.45, 2.75) is 13.5 Å². The molecule has 0 saturated heterocycles. The van der Waals surface area contributed by atoms with E-state index in [0.717, 1.165) is 10.6 Å². The fourth-order valence-electron chi connectivity index (χ4n) is 1.55. The summed E-state index contributed by atoms with van der Waals surface area (Å²) < 4.78 is 13.9. The molecule has 0 aromatic carbocycles. The van der Waals surface area contributed by atoms with Crippen molar-refractivity contribution in [1.82, 2.24) is 15.3 Å². The van der Waals surface area contributed by atoms with Gasteiger partial charge in [-0.25, -0.2) is 14.4 Å². The van der Waals surface area contributed by atoms with Gasteiger partial charge in [0.05, 0.1) is 23.3 Å². The average Bonchev–Trinajstić information content (AvgIpc) is 2.82. The molecule has 5 nitrogen and oxygen atoms in total. The predicted octanol–water partition coefficient (Wildman–Crippen LogP) is 1.96. The summed E-state index contributed by atoms with van der Waals surface area (Å²) in [5.74, 6) is -1.06. The number of hydrogen-bond donors (Lipinski definition) is 2. The molecule has 0 atom stereocenters. The minimum Gasteiger partial charge on any atom is -0.371 e. The number of hydrogen-bond acceptors (Lipinski definition) is 5. The van der Waals surface area contributed by atoms with Gasteiger partial charge in [-0.1, -0.05) is 0 Å². The van der Waals surface area contributed by atoms with Crippen LogP contribution in [-0.4, -0.2) is 22.9 Å². The molecule has 0 radical (unpaired) electrons. The molecular formula is C12H13FN4OS. The summed E-state index contributed by atoms with van der Waals surface area (Å²) in [6, 6.07) is 1.35. The van der Waals surface area contributed by atoms with Crippen LogP contribution >= 0.6 is 11.3 Å². The van der Waals surface area contributed by atoms with Gasteiger partial charge in [0.1, 0.15) is 0 Å². The Morgan fingerprint density at radius 3 is 2.89 bits per heavy atom. The number of pyridine rings is 1. The molecule has 1 amide bonds. The number of aromatic nitrogens is 2. The second-order valence-electron chi connectivity index (χ2n) is 3.81. The van der Waals surface area contributed by atoms with Crippen molar-refractivity contribution >= 4 is 23.1 Å². The summed E-state index contributed by atoms with van der Waals surface area (Å²) in [6.07, 6.45) is 1.39. The van der Waals surface area contributed by atoms with Crippen molar-refractivity contribution in [3.8, 4) is 0 Å². The number of thiazole rings is 1. The van der Waals surface area contributed by atoms with Crippen LogP contribution in [0.4, 0.5) is 10.2 Å². The quantitative estimate of drug-likeness (QED) is 0.898. The maximum atomic E-state index is 13.9. The SMILES string of the molecule is CNc1nccc(C(=O)NCc2scnc2C)c1F. The van der Waals surface area contributed by atoms with Crippen molar-refractivity contribution in [2.24, 2.45) is 0 Å². The Bertz CT molecular complexity index is 599. The van der Waals surface area contributed by atoms with E-state index in [1.165, 1.54) is 23.6 Å². The van der Waals surface area contributed by atoms with Gasteiger partial charge >= 0.3 is 0 Å². The molecule has 0 unspecified atom stereocenters. The van der Waals surface area contributed by atoms with Gasteiger partial charge in [-0.15, -0.1) is 11.3 Å². The summed E-state index contributed by atoms with van der Waals surface area (Å²) in [6.45, 7) is 2.20. The van der Waals surface area contributed by atoms with Crippen LogP contribution < -0.4 is 10.6 Å². The van der Waals surface area contributed by atoms with Crippen LogP contribution in [0.2, 0.25) is 0 Å². The van der Waals surface area contributed by atoms with E-state index in [4.69, 9.17) is 0 Å². The van der Waals surface area contributed by atoms with Gasteiger partial charge in [0.25, 0.3) is 5.91 Å². The first-order valence-corrected chi connectivity index (χ1v) is 6.51. The lowest BCUT2D eigenvalue weighted by Gasteiger charge is -2.07. The van der Waals surface area contributed by atoms with Crippen molar-refractivity contribution in [3.05, 3.63) is 39.7 Å². The van der Waals surface area contributed by atoms with Crippen molar-refractivity contribution < 1.29 is 9.18 Å². The number of aryl methyl sites for hydroxylation is 1. The third-order valence-corrected chi connectivity index (χ3v) is 3.56. The monoisotopic (exact) mass is 280 g/mol. The number of nitrogens with one attached hydrogen (secondary N) is 2. The molecule has 0 bridgehead atoms. The van der Waals surface area contributed by atoms with Crippen LogP contribution in [0.3, 0.4) is 0 Å². The number of carbonyl (C=O) groups is 1. The normalized spacial score (nSPS) is 10.3. The topological polar surface area (TPSA) is 66.9 Å². The van der Waals surface area contributed by atoms with Gasteiger partial charge in [0.15, 0.2) is 11.6 Å². The van der Waals surface area contributed by atoms with E-state index < -0.39 is 11.7 Å². The summed E-state index contributed by atoms with van der Waals surface area (Å²) in [5.41, 5.74) is 2.56. The summed E-state index contributed by atoms with van der Waals surface area (Å²) in [7, 11) is 1.55. The lowest BCUT2D eigenvalue weighted by atomic mass is 10.2. The Balaban J connectivity index is 2.10. The van der Waals surface area contributed by atoms with Gasteiger partial charge in [-0.3, -0.25) is 4.79 Å². The fraction of sp³-hybridized carbons (Fsp3) is 0.250. The molecular weight excluding hydrogens is 267 g/mol. The highest BCUT2D eigenvalue weighted by Crippen LogP contribution is 2.15. The number of anilines is 1. The zero-order valence-electron chi connectivity index (χ0n) is 10.5. The summed E-state index contributed by atoms with van der Waals surface area (Å²) >= 11 is 1.45. The smallest absolute Gasteiger partial charge is 0.254 e. The summed E-state index contributed by atoms with van der Waals surface area (Å²) in [4.78, 5) is 20.7. The van der Waals surface area contributed by atoms with Crippen LogP contribution in [0.1, 0.15) is 20.9 Å². The van der Waals surface area contributed by atoms with E-state index in [-0.39, 0.29) is 11.4 Å². The Morgan fingerprint density at radius 1 is 1.47 bits per heavy atom. The second kappa shape index (κ2) is 5.75. The Morgan fingerprint density at radius 2 is 2.26 bits per heavy atom. The molecule has 0 spiro atoms. The molecule has 19 heavy (non-hydrogen) atoms. The van der Waals surface area contributed by atoms with Crippen molar-refractivity contribution in [3.63, 3.8) is 0 Å². The maximum absolute atomic E-state index is 13.9. The largest absolute Gasteiger partial charge is 0.371 e. The highest BCUT2D eigenvalue weighted by molar-refractivity contribution is 7.09. The molecule has 2 N–H and O–H groups in total. The van der Waals surface area contributed by atoms with E-state index in [1.807, 2.05) is 6.92 Å². The number of carbonyl (C=O) groups excluding carboxylic acids is 1. The van der Waals surface area contributed by atoms with Crippen LogP contribution in [0, 0.1) is 12.7 Å². The molecule has 2 rings (SSSR count). The highest BCUT2D eigenvalue weighted by Gasteiger charge is 2.15. The molecule has 0 aliphatic rings. The molecule has 0 aliphatic heterocycles. The first kappa shape index (κ1) is 13.4. The molecule has 0 aliphatic carbocycles. The van der Waals surface area contributed by atoms with E-state index in [1.54, 1.807) is 12.6 Å². The third kappa shape index (κ3) is 2.87. The van der Waals surface area contributed by atoms with E-state index in [0.29, 0.717) is 6.54 Å².